The van der Waals surface area contributed by atoms with Crippen molar-refractivity contribution in [1.29, 1.82) is 0 Å². The smallest absolute Gasteiger partial charge is 0.337 e. The van der Waals surface area contributed by atoms with E-state index in [1.54, 1.807) is 6.92 Å². The SMILES string of the molecule is CCC1(C)CC(=O)C(C)C(C)(CC)N1OC(C)C(=O)OCCO. The Balaban J connectivity index is 3.05. The zero-order valence-corrected chi connectivity index (χ0v) is 15.2. The second kappa shape index (κ2) is 7.73. The predicted octanol–water partition coefficient (Wildman–Crippen LogP) is 2.09. The van der Waals surface area contributed by atoms with Crippen molar-refractivity contribution in [2.75, 3.05) is 13.2 Å². The molecule has 1 rings (SSSR count). The summed E-state index contributed by atoms with van der Waals surface area (Å²) in [5.74, 6) is -0.456. The number of ketones is 1. The van der Waals surface area contributed by atoms with E-state index in [1.165, 1.54) is 0 Å². The lowest BCUT2D eigenvalue weighted by molar-refractivity contribution is -0.311. The Labute approximate surface area is 139 Å². The van der Waals surface area contributed by atoms with Gasteiger partial charge in [0.25, 0.3) is 0 Å². The van der Waals surface area contributed by atoms with E-state index in [-0.39, 0.29) is 24.9 Å². The van der Waals surface area contributed by atoms with Gasteiger partial charge in [-0.3, -0.25) is 9.63 Å². The minimum atomic E-state index is -0.793. The molecule has 134 valence electrons. The highest BCUT2D eigenvalue weighted by Crippen LogP contribution is 2.44. The van der Waals surface area contributed by atoms with Gasteiger partial charge >= 0.3 is 5.97 Å². The molecule has 1 aliphatic heterocycles. The monoisotopic (exact) mass is 329 g/mol. The molecule has 23 heavy (non-hydrogen) atoms. The molecule has 4 unspecified atom stereocenters. The first kappa shape index (κ1) is 20.1. The molecule has 6 nitrogen and oxygen atoms in total. The fraction of sp³-hybridized carbons (Fsp3) is 0.882. The van der Waals surface area contributed by atoms with Crippen molar-refractivity contribution < 1.29 is 24.3 Å². The summed E-state index contributed by atoms with van der Waals surface area (Å²) >= 11 is 0. The molecule has 1 fully saturated rings. The maximum Gasteiger partial charge on any atom is 0.337 e. The number of ether oxygens (including phenoxy) is 1. The molecule has 0 spiro atoms. The molecule has 1 heterocycles. The lowest BCUT2D eigenvalue weighted by Gasteiger charge is -2.56. The molecule has 0 saturated carbocycles. The maximum atomic E-state index is 12.4. The first-order valence-electron chi connectivity index (χ1n) is 8.43. The van der Waals surface area contributed by atoms with E-state index >= 15 is 0 Å². The second-order valence-electron chi connectivity index (χ2n) is 6.86. The number of piperidine rings is 1. The highest BCUT2D eigenvalue weighted by Gasteiger charge is 2.54. The third-order valence-electron chi connectivity index (χ3n) is 5.33. The normalized spacial score (nSPS) is 33.5. The van der Waals surface area contributed by atoms with Crippen LogP contribution >= 0.6 is 0 Å². The molecule has 1 N–H and O–H groups in total. The van der Waals surface area contributed by atoms with Crippen molar-refractivity contribution in [3.05, 3.63) is 0 Å². The van der Waals surface area contributed by atoms with Gasteiger partial charge in [-0.15, -0.1) is 0 Å². The van der Waals surface area contributed by atoms with Crippen LogP contribution in [0.3, 0.4) is 0 Å². The standard InChI is InChI=1S/C17H31NO5/c1-7-16(5)11-14(20)12(3)17(6,8-2)18(16)23-13(4)15(21)22-10-9-19/h12-13,19H,7-11H2,1-6H3. The van der Waals surface area contributed by atoms with Gasteiger partial charge in [0.15, 0.2) is 6.10 Å². The highest BCUT2D eigenvalue weighted by molar-refractivity contribution is 5.84. The van der Waals surface area contributed by atoms with Gasteiger partial charge in [-0.25, -0.2) is 4.79 Å². The molecule has 0 aromatic heterocycles. The third kappa shape index (κ3) is 3.92. The van der Waals surface area contributed by atoms with Crippen molar-refractivity contribution >= 4 is 11.8 Å². The number of Topliss-reactive ketones (excluding diaryl/α,β-unsaturated/α-hetero) is 1. The Morgan fingerprint density at radius 1 is 1.39 bits per heavy atom. The number of carbonyl (C=O) groups excluding carboxylic acids is 2. The van der Waals surface area contributed by atoms with E-state index < -0.39 is 23.2 Å². The molecule has 0 aromatic carbocycles. The van der Waals surface area contributed by atoms with Crippen molar-refractivity contribution in [2.45, 2.75) is 78.0 Å². The fourth-order valence-corrected chi connectivity index (χ4v) is 3.17. The number of rotatable bonds is 7. The van der Waals surface area contributed by atoms with Crippen LogP contribution in [0, 0.1) is 5.92 Å². The zero-order valence-electron chi connectivity index (χ0n) is 15.2. The number of hydrogen-bond acceptors (Lipinski definition) is 6. The molecule has 4 atom stereocenters. The first-order valence-corrected chi connectivity index (χ1v) is 8.43. The molecular weight excluding hydrogens is 298 g/mol. The van der Waals surface area contributed by atoms with Crippen LogP contribution in [0.25, 0.3) is 0 Å². The summed E-state index contributed by atoms with van der Waals surface area (Å²) in [5, 5.41) is 10.6. The van der Waals surface area contributed by atoms with Crippen LogP contribution in [-0.4, -0.2) is 52.3 Å². The van der Waals surface area contributed by atoms with Gasteiger partial charge in [-0.1, -0.05) is 20.8 Å². The Kier molecular flexibility index (Phi) is 6.74. The Bertz CT molecular complexity index is 441. The number of aliphatic hydroxyl groups is 1. The summed E-state index contributed by atoms with van der Waals surface area (Å²) in [4.78, 5) is 30.4. The van der Waals surface area contributed by atoms with E-state index in [9.17, 15) is 9.59 Å². The van der Waals surface area contributed by atoms with Gasteiger partial charge < -0.3 is 9.84 Å². The van der Waals surface area contributed by atoms with Crippen molar-refractivity contribution in [3.63, 3.8) is 0 Å². The van der Waals surface area contributed by atoms with Gasteiger partial charge in [-0.05, 0) is 33.6 Å². The van der Waals surface area contributed by atoms with Crippen LogP contribution in [0.4, 0.5) is 0 Å². The van der Waals surface area contributed by atoms with Crippen LogP contribution in [0.5, 0.6) is 0 Å². The molecule has 1 aliphatic rings. The molecular formula is C17H31NO5. The lowest BCUT2D eigenvalue weighted by atomic mass is 9.70. The summed E-state index contributed by atoms with van der Waals surface area (Å²) in [6.07, 6.45) is 1.07. The maximum absolute atomic E-state index is 12.4. The Morgan fingerprint density at radius 3 is 2.48 bits per heavy atom. The van der Waals surface area contributed by atoms with E-state index in [0.717, 1.165) is 12.8 Å². The second-order valence-corrected chi connectivity index (χ2v) is 6.86. The minimum Gasteiger partial charge on any atom is -0.461 e. The number of hydroxylamine groups is 2. The molecule has 0 aliphatic carbocycles. The largest absolute Gasteiger partial charge is 0.461 e. The third-order valence-corrected chi connectivity index (χ3v) is 5.33. The number of nitrogens with zero attached hydrogens (tertiary/aromatic N) is 1. The predicted molar refractivity (Wildman–Crippen MR) is 86.6 cm³/mol. The number of hydrogen-bond donors (Lipinski definition) is 1. The highest BCUT2D eigenvalue weighted by atomic mass is 16.7. The number of aliphatic hydroxyl groups excluding tert-OH is 1. The molecule has 6 heteroatoms. The van der Waals surface area contributed by atoms with Crippen molar-refractivity contribution in [1.82, 2.24) is 5.06 Å². The first-order chi connectivity index (χ1) is 10.7. The Hall–Kier alpha value is -0.980. The summed E-state index contributed by atoms with van der Waals surface area (Å²) in [6.45, 7) is 11.3. The lowest BCUT2D eigenvalue weighted by Crippen LogP contribution is -2.67. The van der Waals surface area contributed by atoms with Gasteiger partial charge in [0, 0.05) is 12.3 Å². The summed E-state index contributed by atoms with van der Waals surface area (Å²) < 4.78 is 4.94. The van der Waals surface area contributed by atoms with Crippen molar-refractivity contribution in [2.24, 2.45) is 5.92 Å². The minimum absolute atomic E-state index is 0.0441. The van der Waals surface area contributed by atoms with E-state index in [2.05, 4.69) is 0 Å². The summed E-state index contributed by atoms with van der Waals surface area (Å²) in [5.41, 5.74) is -0.939. The number of esters is 1. The molecule has 0 bridgehead atoms. The van der Waals surface area contributed by atoms with Crippen LogP contribution < -0.4 is 0 Å². The summed E-state index contributed by atoms with van der Waals surface area (Å²) in [6, 6.07) is 0. The van der Waals surface area contributed by atoms with Crippen molar-refractivity contribution in [3.8, 4) is 0 Å². The number of carbonyl (C=O) groups is 2. The van der Waals surface area contributed by atoms with Gasteiger partial charge in [0.2, 0.25) is 0 Å². The van der Waals surface area contributed by atoms with E-state index in [1.807, 2.05) is 39.7 Å². The Morgan fingerprint density at radius 2 is 2.00 bits per heavy atom. The van der Waals surface area contributed by atoms with Crippen LogP contribution in [0.2, 0.25) is 0 Å². The fourth-order valence-electron chi connectivity index (χ4n) is 3.17. The topological polar surface area (TPSA) is 76.1 Å². The molecule has 0 radical (unpaired) electrons. The van der Waals surface area contributed by atoms with Crippen LogP contribution in [-0.2, 0) is 19.2 Å². The van der Waals surface area contributed by atoms with Gasteiger partial charge in [-0.2, -0.15) is 5.06 Å². The van der Waals surface area contributed by atoms with Gasteiger partial charge in [0.1, 0.15) is 12.4 Å². The average Bonchev–Trinajstić information content (AvgIpc) is 2.54. The van der Waals surface area contributed by atoms with Gasteiger partial charge in [0.05, 0.1) is 17.7 Å². The van der Waals surface area contributed by atoms with E-state index in [0.29, 0.717) is 6.42 Å². The average molecular weight is 329 g/mol. The molecule has 0 aromatic rings. The van der Waals surface area contributed by atoms with Crippen LogP contribution in [0.1, 0.15) is 60.8 Å². The van der Waals surface area contributed by atoms with Crippen LogP contribution in [0.15, 0.2) is 0 Å². The summed E-state index contributed by atoms with van der Waals surface area (Å²) in [7, 11) is 0. The molecule has 0 amide bonds. The van der Waals surface area contributed by atoms with E-state index in [4.69, 9.17) is 14.7 Å². The molecule has 1 saturated heterocycles. The quantitative estimate of drug-likeness (QED) is 0.721. The zero-order chi connectivity index (χ0) is 17.8.